The number of piperidine rings is 1. The average Bonchev–Trinajstić information content (AvgIpc) is 2.53. The molecule has 3 rings (SSSR count). The molecule has 1 aliphatic heterocycles. The van der Waals surface area contributed by atoms with E-state index in [0.29, 0.717) is 12.1 Å². The third-order valence-electron chi connectivity index (χ3n) is 3.70. The summed E-state index contributed by atoms with van der Waals surface area (Å²) in [5.74, 6) is 2.56. The number of rotatable bonds is 0. The van der Waals surface area contributed by atoms with Crippen molar-refractivity contribution < 1.29 is 4.70 Å². The van der Waals surface area contributed by atoms with Crippen LogP contribution >= 0.6 is 0 Å². The summed E-state index contributed by atoms with van der Waals surface area (Å²) in [5, 5.41) is 0. The lowest BCUT2D eigenvalue weighted by atomic mass is 9.78. The Balaban J connectivity index is 1.98. The summed E-state index contributed by atoms with van der Waals surface area (Å²) in [6, 6.07) is 0.966. The quantitative estimate of drug-likeness (QED) is 0.470. The highest BCUT2D eigenvalue weighted by Crippen LogP contribution is 2.51. The molecule has 3 atom stereocenters. The van der Waals surface area contributed by atoms with Gasteiger partial charge in [0.25, 0.3) is 0 Å². The Morgan fingerprint density at radius 2 is 2.27 bits per heavy atom. The van der Waals surface area contributed by atoms with E-state index in [-0.39, 0.29) is 0 Å². The molecular formula is C9H13N2. The van der Waals surface area contributed by atoms with Gasteiger partial charge in [0.2, 0.25) is 0 Å². The largest absolute Gasteiger partial charge is 0.506 e. The molecule has 0 spiro atoms. The van der Waals surface area contributed by atoms with E-state index < -0.39 is 0 Å². The van der Waals surface area contributed by atoms with Crippen LogP contribution in [0.25, 0.3) is 5.53 Å². The predicted octanol–water partition coefficient (Wildman–Crippen LogP) is 1.94. The second-order valence-electron chi connectivity index (χ2n) is 4.19. The van der Waals surface area contributed by atoms with Crippen molar-refractivity contribution in [1.29, 1.82) is 0 Å². The molecule has 1 heterocycles. The smallest absolute Gasteiger partial charge is 0.148 e. The van der Waals surface area contributed by atoms with Crippen molar-refractivity contribution in [3.63, 3.8) is 0 Å². The average molecular weight is 149 g/mol. The molecule has 2 nitrogen and oxygen atoms in total. The minimum absolute atomic E-state index is 0.465. The summed E-state index contributed by atoms with van der Waals surface area (Å²) in [6.07, 6.45) is 6.37. The zero-order chi connectivity index (χ0) is 7.42. The molecule has 1 unspecified atom stereocenters. The fourth-order valence-corrected chi connectivity index (χ4v) is 3.21. The van der Waals surface area contributed by atoms with Gasteiger partial charge in [-0.2, -0.15) is 0 Å². The van der Waals surface area contributed by atoms with Crippen LogP contribution in [0.5, 0.6) is 0 Å². The van der Waals surface area contributed by atoms with Crippen molar-refractivity contribution in [2.45, 2.75) is 44.2 Å². The Hall–Kier alpha value is -0.400. The molecule has 1 saturated heterocycles. The van der Waals surface area contributed by atoms with Gasteiger partial charge in [0.15, 0.2) is 0 Å². The third-order valence-corrected chi connectivity index (χ3v) is 3.70. The minimum atomic E-state index is 0.465. The highest BCUT2D eigenvalue weighted by Gasteiger charge is 2.54. The van der Waals surface area contributed by atoms with E-state index in [2.05, 4.69) is 0 Å². The molecule has 11 heavy (non-hydrogen) atoms. The fraction of sp³-hybridized carbons (Fsp3) is 0.889. The first-order chi connectivity index (χ1) is 5.36. The minimum Gasteiger partial charge on any atom is -0.506 e. The van der Waals surface area contributed by atoms with Crippen LogP contribution in [-0.2, 0) is 0 Å². The van der Waals surface area contributed by atoms with Gasteiger partial charge < -0.3 is 10.2 Å². The first kappa shape index (κ1) is 6.15. The van der Waals surface area contributed by atoms with Crippen LogP contribution in [0.1, 0.15) is 32.1 Å². The van der Waals surface area contributed by atoms with E-state index >= 15 is 0 Å². The molecule has 0 aromatic heterocycles. The second kappa shape index (κ2) is 1.85. The SMILES string of the molecule is [N-]=[N+]1[C@H]2C[C]3C(CCC[C@H]31)C2. The summed E-state index contributed by atoms with van der Waals surface area (Å²) < 4.78 is 1.63. The van der Waals surface area contributed by atoms with Gasteiger partial charge in [-0.25, -0.2) is 0 Å². The van der Waals surface area contributed by atoms with E-state index in [1.165, 1.54) is 32.1 Å². The molecule has 59 valence electrons. The van der Waals surface area contributed by atoms with Gasteiger partial charge in [-0.05, 0) is 18.8 Å². The van der Waals surface area contributed by atoms with Crippen molar-refractivity contribution in [3.8, 4) is 0 Å². The summed E-state index contributed by atoms with van der Waals surface area (Å²) in [4.78, 5) is 0. The number of hydrogen-bond donors (Lipinski definition) is 0. The molecule has 3 fully saturated rings. The summed E-state index contributed by atoms with van der Waals surface area (Å²) in [5.41, 5.74) is 9.64. The Labute approximate surface area is 67.1 Å². The van der Waals surface area contributed by atoms with Gasteiger partial charge in [-0.1, -0.05) is 0 Å². The maximum atomic E-state index is 9.64. The van der Waals surface area contributed by atoms with Crippen LogP contribution < -0.4 is 0 Å². The van der Waals surface area contributed by atoms with Crippen molar-refractivity contribution in [2.75, 3.05) is 0 Å². The van der Waals surface area contributed by atoms with Crippen LogP contribution in [-0.4, -0.2) is 16.8 Å². The molecule has 2 aliphatic carbocycles. The number of nitrogens with zero attached hydrogens (tertiary/aromatic N) is 2. The maximum Gasteiger partial charge on any atom is 0.148 e. The normalized spacial score (nSPS) is 48.7. The van der Waals surface area contributed by atoms with Crippen LogP contribution in [0.4, 0.5) is 0 Å². The first-order valence-corrected chi connectivity index (χ1v) is 4.69. The monoisotopic (exact) mass is 149 g/mol. The Bertz CT molecular complexity index is 210. The van der Waals surface area contributed by atoms with Crippen LogP contribution in [0.2, 0.25) is 0 Å². The molecule has 0 amide bonds. The lowest BCUT2D eigenvalue weighted by Crippen LogP contribution is -2.37. The van der Waals surface area contributed by atoms with E-state index in [1.807, 2.05) is 0 Å². The van der Waals surface area contributed by atoms with Crippen LogP contribution in [0.3, 0.4) is 0 Å². The fourth-order valence-electron chi connectivity index (χ4n) is 3.21. The van der Waals surface area contributed by atoms with Gasteiger partial charge in [-0.3, -0.25) is 0 Å². The van der Waals surface area contributed by atoms with E-state index in [0.717, 1.165) is 5.92 Å². The molecule has 2 bridgehead atoms. The lowest BCUT2D eigenvalue weighted by Gasteiger charge is -2.33. The van der Waals surface area contributed by atoms with Crippen molar-refractivity contribution in [3.05, 3.63) is 11.4 Å². The van der Waals surface area contributed by atoms with Crippen molar-refractivity contribution in [1.82, 2.24) is 0 Å². The van der Waals surface area contributed by atoms with Gasteiger partial charge in [0.1, 0.15) is 12.1 Å². The highest BCUT2D eigenvalue weighted by atomic mass is 15.3. The number of hydrogen-bond acceptors (Lipinski definition) is 0. The summed E-state index contributed by atoms with van der Waals surface area (Å²) in [7, 11) is 0. The summed E-state index contributed by atoms with van der Waals surface area (Å²) in [6.45, 7) is 0. The van der Waals surface area contributed by atoms with Gasteiger partial charge in [0.05, 0.1) is 5.92 Å². The van der Waals surface area contributed by atoms with Gasteiger partial charge in [0, 0.05) is 19.3 Å². The molecule has 0 N–H and O–H groups in total. The topological polar surface area (TPSA) is 25.3 Å². The summed E-state index contributed by atoms with van der Waals surface area (Å²) >= 11 is 0. The molecule has 2 heteroatoms. The second-order valence-corrected chi connectivity index (χ2v) is 4.19. The van der Waals surface area contributed by atoms with Crippen molar-refractivity contribution >= 4 is 0 Å². The van der Waals surface area contributed by atoms with Crippen LogP contribution in [0, 0.1) is 11.8 Å². The first-order valence-electron chi connectivity index (χ1n) is 4.69. The molecule has 0 aromatic carbocycles. The Kier molecular flexibility index (Phi) is 1.03. The van der Waals surface area contributed by atoms with E-state index in [9.17, 15) is 5.53 Å². The Morgan fingerprint density at radius 1 is 1.36 bits per heavy atom. The molecule has 1 radical (unpaired) electrons. The van der Waals surface area contributed by atoms with Crippen LogP contribution in [0.15, 0.2) is 0 Å². The third kappa shape index (κ3) is 0.633. The number of fused-ring (bicyclic) bond motifs is 1. The Morgan fingerprint density at radius 3 is 3.00 bits per heavy atom. The van der Waals surface area contributed by atoms with E-state index in [1.54, 1.807) is 10.6 Å². The maximum absolute atomic E-state index is 9.64. The molecular weight excluding hydrogens is 136 g/mol. The van der Waals surface area contributed by atoms with Gasteiger partial charge in [-0.15, -0.1) is 0 Å². The standard InChI is InChI=1S/C9H13N2/c10-11-7-4-6-2-1-3-9(11)8(6)5-7/h6-7,9H,1-5H2/t6?,7-,9-/m1/s1. The molecule has 0 aromatic rings. The van der Waals surface area contributed by atoms with Crippen molar-refractivity contribution in [2.24, 2.45) is 5.92 Å². The zero-order valence-electron chi connectivity index (χ0n) is 6.66. The molecule has 3 aliphatic rings. The van der Waals surface area contributed by atoms with E-state index in [4.69, 9.17) is 0 Å². The highest BCUT2D eigenvalue weighted by molar-refractivity contribution is 5.16. The lowest BCUT2D eigenvalue weighted by molar-refractivity contribution is -0.607. The van der Waals surface area contributed by atoms with Gasteiger partial charge >= 0.3 is 0 Å². The zero-order valence-corrected chi connectivity index (χ0v) is 6.66. The molecule has 2 saturated carbocycles. The predicted molar refractivity (Wildman–Crippen MR) is 41.0 cm³/mol.